The molecule has 0 radical (unpaired) electrons. The Hall–Kier alpha value is -1.97. The van der Waals surface area contributed by atoms with E-state index in [2.05, 4.69) is 0 Å². The van der Waals surface area contributed by atoms with Crippen LogP contribution in [-0.4, -0.2) is 9.13 Å². The van der Waals surface area contributed by atoms with Crippen molar-refractivity contribution in [3.63, 3.8) is 0 Å². The molecule has 0 saturated heterocycles. The Morgan fingerprint density at radius 2 is 2.00 bits per heavy atom. The number of nitrogens with two attached hydrogens (primary N) is 1. The van der Waals surface area contributed by atoms with Gasteiger partial charge in [0.1, 0.15) is 0 Å². The second-order valence-electron chi connectivity index (χ2n) is 3.83. The maximum atomic E-state index is 11.6. The molecule has 4 nitrogen and oxygen atoms in total. The van der Waals surface area contributed by atoms with Crippen LogP contribution in [0, 0.1) is 0 Å². The minimum atomic E-state index is 0.00880. The van der Waals surface area contributed by atoms with E-state index in [0.717, 1.165) is 17.7 Å². The first-order chi connectivity index (χ1) is 7.68. The summed E-state index contributed by atoms with van der Waals surface area (Å²) in [5.41, 5.74) is 7.71. The van der Waals surface area contributed by atoms with Gasteiger partial charge < -0.3 is 10.3 Å². The van der Waals surface area contributed by atoms with Crippen molar-refractivity contribution >= 4 is 5.69 Å². The molecule has 1 heterocycles. The number of hydrogen-bond donors (Lipinski definition) is 1. The molecule has 0 aliphatic carbocycles. The quantitative estimate of drug-likeness (QED) is 0.780. The first kappa shape index (κ1) is 10.5. The fourth-order valence-corrected chi connectivity index (χ4v) is 1.68. The third kappa shape index (κ3) is 2.00. The minimum absolute atomic E-state index is 0.00880. The molecule has 0 unspecified atom stereocenters. The second-order valence-corrected chi connectivity index (χ2v) is 3.83. The van der Waals surface area contributed by atoms with Crippen LogP contribution in [0.5, 0.6) is 0 Å². The van der Waals surface area contributed by atoms with E-state index in [1.165, 1.54) is 0 Å². The molecule has 0 amide bonds. The average molecular weight is 217 g/mol. The van der Waals surface area contributed by atoms with Gasteiger partial charge in [-0.15, -0.1) is 0 Å². The molecule has 16 heavy (non-hydrogen) atoms. The van der Waals surface area contributed by atoms with E-state index in [0.29, 0.717) is 6.54 Å². The van der Waals surface area contributed by atoms with Crippen molar-refractivity contribution in [3.8, 4) is 0 Å². The average Bonchev–Trinajstić information content (AvgIpc) is 2.59. The summed E-state index contributed by atoms with van der Waals surface area (Å²) in [5.74, 6) is 0. The summed E-state index contributed by atoms with van der Waals surface area (Å²) < 4.78 is 3.25. The third-order valence-corrected chi connectivity index (χ3v) is 2.69. The predicted octanol–water partition coefficient (Wildman–Crippen LogP) is 1.01. The lowest BCUT2D eigenvalue weighted by Crippen LogP contribution is -2.22. The Kier molecular flexibility index (Phi) is 2.81. The number of aromatic nitrogens is 2. The number of para-hydroxylation sites is 1. The maximum Gasteiger partial charge on any atom is 0.327 e. The Morgan fingerprint density at radius 1 is 1.25 bits per heavy atom. The topological polar surface area (TPSA) is 52.9 Å². The molecule has 0 aliphatic heterocycles. The first-order valence-corrected chi connectivity index (χ1v) is 5.23. The highest BCUT2D eigenvalue weighted by Crippen LogP contribution is 2.11. The summed E-state index contributed by atoms with van der Waals surface area (Å²) in [7, 11) is 1.75. The van der Waals surface area contributed by atoms with Crippen LogP contribution < -0.4 is 11.4 Å². The van der Waals surface area contributed by atoms with Gasteiger partial charge in [-0.3, -0.25) is 4.57 Å². The fourth-order valence-electron chi connectivity index (χ4n) is 1.68. The third-order valence-electron chi connectivity index (χ3n) is 2.69. The van der Waals surface area contributed by atoms with Crippen LogP contribution in [0.4, 0.5) is 5.69 Å². The van der Waals surface area contributed by atoms with Crippen LogP contribution in [0.1, 0.15) is 5.56 Å². The number of nitrogen functional groups attached to an aromatic ring is 1. The van der Waals surface area contributed by atoms with Crippen LogP contribution in [-0.2, 0) is 20.0 Å². The summed E-state index contributed by atoms with van der Waals surface area (Å²) >= 11 is 0. The van der Waals surface area contributed by atoms with Gasteiger partial charge in [-0.25, -0.2) is 4.79 Å². The number of nitrogens with zero attached hydrogens (tertiary/aromatic N) is 2. The van der Waals surface area contributed by atoms with Crippen molar-refractivity contribution in [1.82, 2.24) is 9.13 Å². The monoisotopic (exact) mass is 217 g/mol. The first-order valence-electron chi connectivity index (χ1n) is 5.23. The van der Waals surface area contributed by atoms with E-state index in [-0.39, 0.29) is 5.69 Å². The molecule has 0 atom stereocenters. The normalized spacial score (nSPS) is 10.6. The lowest BCUT2D eigenvalue weighted by atomic mass is 10.1. The Balaban J connectivity index is 2.11. The van der Waals surface area contributed by atoms with Gasteiger partial charge in [0.2, 0.25) is 0 Å². The molecule has 2 rings (SSSR count). The summed E-state index contributed by atoms with van der Waals surface area (Å²) in [6.45, 7) is 0.661. The summed E-state index contributed by atoms with van der Waals surface area (Å²) in [4.78, 5) is 11.6. The zero-order valence-electron chi connectivity index (χ0n) is 9.26. The van der Waals surface area contributed by atoms with Crippen molar-refractivity contribution in [2.24, 2.45) is 7.05 Å². The standard InChI is InChI=1S/C12H15N3O/c1-14-8-9-15(12(14)16)7-6-10-4-2-3-5-11(10)13/h2-5,8-9H,6-7,13H2,1H3. The highest BCUT2D eigenvalue weighted by atomic mass is 16.1. The van der Waals surface area contributed by atoms with E-state index in [1.54, 1.807) is 28.6 Å². The molecule has 0 saturated carbocycles. The zero-order chi connectivity index (χ0) is 11.5. The lowest BCUT2D eigenvalue weighted by Gasteiger charge is -2.05. The molecule has 2 aromatic rings. The van der Waals surface area contributed by atoms with Gasteiger partial charge in [-0.2, -0.15) is 0 Å². The number of anilines is 1. The molecular weight excluding hydrogens is 202 g/mol. The predicted molar refractivity (Wildman–Crippen MR) is 64.2 cm³/mol. The second kappa shape index (κ2) is 4.26. The maximum absolute atomic E-state index is 11.6. The van der Waals surface area contributed by atoms with Gasteiger partial charge in [-0.1, -0.05) is 18.2 Å². The number of imidazole rings is 1. The van der Waals surface area contributed by atoms with Gasteiger partial charge in [0, 0.05) is 31.7 Å². The van der Waals surface area contributed by atoms with Gasteiger partial charge in [-0.05, 0) is 18.1 Å². The van der Waals surface area contributed by atoms with Crippen molar-refractivity contribution in [3.05, 3.63) is 52.7 Å². The molecule has 0 spiro atoms. The minimum Gasteiger partial charge on any atom is -0.399 e. The summed E-state index contributed by atoms with van der Waals surface area (Å²) in [5, 5.41) is 0. The highest BCUT2D eigenvalue weighted by molar-refractivity contribution is 5.46. The Labute approximate surface area is 93.9 Å². The van der Waals surface area contributed by atoms with Gasteiger partial charge in [0.25, 0.3) is 0 Å². The van der Waals surface area contributed by atoms with Gasteiger partial charge in [0.15, 0.2) is 0 Å². The van der Waals surface area contributed by atoms with Crippen LogP contribution in [0.3, 0.4) is 0 Å². The fraction of sp³-hybridized carbons (Fsp3) is 0.250. The largest absolute Gasteiger partial charge is 0.399 e. The molecule has 0 fully saturated rings. The smallest absolute Gasteiger partial charge is 0.327 e. The summed E-state index contributed by atoms with van der Waals surface area (Å²) in [6.07, 6.45) is 4.33. The van der Waals surface area contributed by atoms with Crippen molar-refractivity contribution < 1.29 is 0 Å². The van der Waals surface area contributed by atoms with E-state index in [4.69, 9.17) is 5.73 Å². The number of aryl methyl sites for hydroxylation is 3. The zero-order valence-corrected chi connectivity index (χ0v) is 9.26. The molecule has 4 heteroatoms. The van der Waals surface area contributed by atoms with Crippen LogP contribution >= 0.6 is 0 Å². The molecule has 2 N–H and O–H groups in total. The number of hydrogen-bond acceptors (Lipinski definition) is 2. The number of rotatable bonds is 3. The molecule has 84 valence electrons. The lowest BCUT2D eigenvalue weighted by molar-refractivity contribution is 0.650. The molecule has 0 aliphatic rings. The van der Waals surface area contributed by atoms with Crippen molar-refractivity contribution in [2.75, 3.05) is 5.73 Å². The van der Waals surface area contributed by atoms with E-state index in [1.807, 2.05) is 24.3 Å². The van der Waals surface area contributed by atoms with Crippen molar-refractivity contribution in [1.29, 1.82) is 0 Å². The van der Waals surface area contributed by atoms with E-state index < -0.39 is 0 Å². The van der Waals surface area contributed by atoms with Gasteiger partial charge >= 0.3 is 5.69 Å². The van der Waals surface area contributed by atoms with Crippen LogP contribution in [0.2, 0.25) is 0 Å². The molecule has 1 aromatic carbocycles. The molecule has 1 aromatic heterocycles. The van der Waals surface area contributed by atoms with E-state index in [9.17, 15) is 4.79 Å². The number of benzene rings is 1. The highest BCUT2D eigenvalue weighted by Gasteiger charge is 2.01. The SMILES string of the molecule is Cn1ccn(CCc2ccccc2N)c1=O. The van der Waals surface area contributed by atoms with Crippen LogP contribution in [0.15, 0.2) is 41.5 Å². The Bertz CT molecular complexity index is 539. The van der Waals surface area contributed by atoms with Crippen LogP contribution in [0.25, 0.3) is 0 Å². The summed E-state index contributed by atoms with van der Waals surface area (Å²) in [6, 6.07) is 7.74. The van der Waals surface area contributed by atoms with Gasteiger partial charge in [0.05, 0.1) is 0 Å². The van der Waals surface area contributed by atoms with E-state index >= 15 is 0 Å². The molecule has 0 bridgehead atoms. The Morgan fingerprint density at radius 3 is 2.62 bits per heavy atom. The molecular formula is C12H15N3O. The van der Waals surface area contributed by atoms with Crippen molar-refractivity contribution in [2.45, 2.75) is 13.0 Å².